The van der Waals surface area contributed by atoms with Crippen LogP contribution in [0.25, 0.3) is 5.70 Å². The molecule has 32 heavy (non-hydrogen) atoms. The Morgan fingerprint density at radius 1 is 1.00 bits per heavy atom. The third-order valence-electron chi connectivity index (χ3n) is 6.07. The summed E-state index contributed by atoms with van der Waals surface area (Å²) in [6.45, 7) is 2.76. The normalized spacial score (nSPS) is 20.7. The van der Waals surface area contributed by atoms with Crippen molar-refractivity contribution in [1.82, 2.24) is 9.99 Å². The maximum Gasteiger partial charge on any atom is 0.254 e. The van der Waals surface area contributed by atoms with Gasteiger partial charge < -0.3 is 21.5 Å². The van der Waals surface area contributed by atoms with Crippen molar-refractivity contribution in [2.24, 2.45) is 22.4 Å². The molecular weight excluding hydrogens is 421 g/mol. The average Bonchev–Trinajstić information content (AvgIpc) is 2.81. The van der Waals surface area contributed by atoms with Gasteiger partial charge in [-0.3, -0.25) is 14.5 Å². The number of amides is 1. The summed E-state index contributed by atoms with van der Waals surface area (Å²) in [5.74, 6) is 1.90. The van der Waals surface area contributed by atoms with Crippen molar-refractivity contribution in [1.29, 1.82) is 0 Å². The number of rotatable bonds is 6. The van der Waals surface area contributed by atoms with Crippen LogP contribution in [0, 0.1) is 5.92 Å². The van der Waals surface area contributed by atoms with E-state index in [0.29, 0.717) is 35.3 Å². The second-order valence-corrected chi connectivity index (χ2v) is 8.97. The van der Waals surface area contributed by atoms with Crippen LogP contribution in [0.4, 0.5) is 0 Å². The Labute approximate surface area is 191 Å². The molecule has 8 heteroatoms. The molecule has 1 fully saturated rings. The Hall–Kier alpha value is -2.89. The van der Waals surface area contributed by atoms with Crippen LogP contribution >= 0.6 is 9.39 Å². The summed E-state index contributed by atoms with van der Waals surface area (Å²) in [5.41, 5.74) is 13.4. The monoisotopic (exact) mass is 451 g/mol. The zero-order valence-electron chi connectivity index (χ0n) is 18.0. The lowest BCUT2D eigenvalue weighted by Gasteiger charge is -2.37. The molecule has 2 unspecified atom stereocenters. The fourth-order valence-corrected chi connectivity index (χ4v) is 4.58. The Morgan fingerprint density at radius 3 is 2.31 bits per heavy atom. The molecule has 4 rings (SSSR count). The van der Waals surface area contributed by atoms with Gasteiger partial charge in [0.15, 0.2) is 0 Å². The second kappa shape index (κ2) is 10.2. The van der Waals surface area contributed by atoms with E-state index >= 15 is 0 Å². The highest BCUT2D eigenvalue weighted by atomic mass is 31.0. The molecule has 1 amide bonds. The molecule has 0 saturated carbocycles. The van der Waals surface area contributed by atoms with Crippen molar-refractivity contribution in [3.8, 4) is 11.5 Å². The number of piperidine rings is 1. The molecule has 2 aromatic carbocycles. The fraction of sp³-hybridized carbons (Fsp3) is 0.333. The molecule has 1 saturated heterocycles. The van der Waals surface area contributed by atoms with Crippen molar-refractivity contribution in [3.05, 3.63) is 65.7 Å². The second-order valence-electron chi connectivity index (χ2n) is 8.24. The molecule has 0 bridgehead atoms. The number of amidine groups is 1. The number of ether oxygens (including phenoxy) is 1. The van der Waals surface area contributed by atoms with Gasteiger partial charge in [0, 0.05) is 25.7 Å². The minimum absolute atomic E-state index is 0.245. The van der Waals surface area contributed by atoms with E-state index in [1.165, 1.54) is 0 Å². The number of hydrogen-bond donors (Lipinski definition) is 3. The number of para-hydroxylation sites is 1. The van der Waals surface area contributed by atoms with E-state index in [1.807, 2.05) is 54.6 Å². The van der Waals surface area contributed by atoms with Gasteiger partial charge in [-0.2, -0.15) is 0 Å². The Balaban J connectivity index is 1.52. The maximum absolute atomic E-state index is 12.4. The summed E-state index contributed by atoms with van der Waals surface area (Å²) in [7, 11) is 2.78. The highest BCUT2D eigenvalue weighted by Crippen LogP contribution is 2.27. The summed E-state index contributed by atoms with van der Waals surface area (Å²) in [5, 5.41) is 3.48. The van der Waals surface area contributed by atoms with Crippen molar-refractivity contribution >= 4 is 26.8 Å². The van der Waals surface area contributed by atoms with Crippen LogP contribution in [0.1, 0.15) is 24.8 Å². The zero-order valence-corrected chi connectivity index (χ0v) is 19.2. The van der Waals surface area contributed by atoms with Crippen molar-refractivity contribution in [2.75, 3.05) is 19.6 Å². The molecule has 2 aromatic rings. The molecule has 5 N–H and O–H groups in total. The van der Waals surface area contributed by atoms with E-state index in [4.69, 9.17) is 16.2 Å². The summed E-state index contributed by atoms with van der Waals surface area (Å²) in [6, 6.07) is 17.1. The minimum Gasteiger partial charge on any atom is -0.457 e. The molecule has 2 aliphatic heterocycles. The number of carbonyl (C=O) groups excluding carboxylic acids is 1. The quantitative estimate of drug-likeness (QED) is 0.463. The van der Waals surface area contributed by atoms with Crippen molar-refractivity contribution in [2.45, 2.75) is 25.3 Å². The Bertz CT molecular complexity index is 999. The van der Waals surface area contributed by atoms with E-state index in [9.17, 15) is 4.79 Å². The zero-order chi connectivity index (χ0) is 22.5. The van der Waals surface area contributed by atoms with Crippen molar-refractivity contribution < 1.29 is 9.53 Å². The van der Waals surface area contributed by atoms with Gasteiger partial charge in [0.25, 0.3) is 5.91 Å². The Morgan fingerprint density at radius 2 is 1.66 bits per heavy atom. The van der Waals surface area contributed by atoms with Gasteiger partial charge in [-0.25, -0.2) is 0 Å². The first-order valence-electron chi connectivity index (χ1n) is 10.9. The highest BCUT2D eigenvalue weighted by molar-refractivity contribution is 7.13. The number of nitrogens with one attached hydrogen (secondary N) is 1. The van der Waals surface area contributed by atoms with Gasteiger partial charge in [0.05, 0.1) is 5.70 Å². The van der Waals surface area contributed by atoms with Gasteiger partial charge in [-0.1, -0.05) is 27.6 Å². The summed E-state index contributed by atoms with van der Waals surface area (Å²) in [6.07, 6.45) is 3.17. The molecule has 7 nitrogen and oxygen atoms in total. The summed E-state index contributed by atoms with van der Waals surface area (Å²) in [4.78, 5) is 16.9. The molecule has 0 aliphatic carbocycles. The van der Waals surface area contributed by atoms with Gasteiger partial charge in [-0.15, -0.1) is 0 Å². The number of nitrogens with zero attached hydrogens (tertiary/aromatic N) is 2. The van der Waals surface area contributed by atoms with E-state index in [0.717, 1.165) is 38.1 Å². The molecule has 2 heterocycles. The molecule has 2 atom stereocenters. The lowest BCUT2D eigenvalue weighted by atomic mass is 9.87. The van der Waals surface area contributed by atoms with Crippen LogP contribution in [0.15, 0.2) is 65.2 Å². The van der Waals surface area contributed by atoms with Gasteiger partial charge in [0.2, 0.25) is 0 Å². The van der Waals surface area contributed by atoms with E-state index in [-0.39, 0.29) is 11.6 Å². The van der Waals surface area contributed by atoms with Gasteiger partial charge >= 0.3 is 0 Å². The van der Waals surface area contributed by atoms with E-state index < -0.39 is 5.91 Å². The first-order valence-corrected chi connectivity index (χ1v) is 11.5. The minimum atomic E-state index is -0.584. The van der Waals surface area contributed by atoms with Gasteiger partial charge in [-0.05, 0) is 67.1 Å². The SMILES string of the molecule is NC(=O)/C(C1=NCCC(C2CCN(P)CC2)N1)=C(/N)c1ccc(Oc2ccccc2)cc1. The summed E-state index contributed by atoms with van der Waals surface area (Å²) < 4.78 is 8.11. The molecule has 2 aliphatic rings. The van der Waals surface area contributed by atoms with Crippen molar-refractivity contribution in [3.63, 3.8) is 0 Å². The topological polar surface area (TPSA) is 106 Å². The molecular formula is C24H30N5O2P. The lowest BCUT2D eigenvalue weighted by molar-refractivity contribution is -0.114. The van der Waals surface area contributed by atoms with E-state index in [2.05, 4.69) is 24.4 Å². The molecule has 0 spiro atoms. The van der Waals surface area contributed by atoms with E-state index in [1.54, 1.807) is 0 Å². The largest absolute Gasteiger partial charge is 0.457 e. The number of benzene rings is 2. The number of hydrogen-bond acceptors (Lipinski definition) is 6. The maximum atomic E-state index is 12.4. The Kier molecular flexibility index (Phi) is 7.08. The molecule has 0 radical (unpaired) electrons. The van der Waals surface area contributed by atoms with Crippen LogP contribution < -0.4 is 21.5 Å². The van der Waals surface area contributed by atoms with Crippen LogP contribution in [-0.4, -0.2) is 42.1 Å². The average molecular weight is 452 g/mol. The molecule has 168 valence electrons. The smallest absolute Gasteiger partial charge is 0.254 e. The van der Waals surface area contributed by atoms with Crippen LogP contribution in [0.5, 0.6) is 11.5 Å². The van der Waals surface area contributed by atoms with Crippen LogP contribution in [-0.2, 0) is 4.79 Å². The number of aliphatic imine (C=N–C) groups is 1. The lowest BCUT2D eigenvalue weighted by Crippen LogP contribution is -2.48. The van der Waals surface area contributed by atoms with Crippen LogP contribution in [0.2, 0.25) is 0 Å². The predicted octanol–water partition coefficient (Wildman–Crippen LogP) is 2.90. The van der Waals surface area contributed by atoms with Gasteiger partial charge in [0.1, 0.15) is 22.9 Å². The number of carbonyl (C=O) groups is 1. The predicted molar refractivity (Wildman–Crippen MR) is 131 cm³/mol. The standard InChI is InChI=1S/C24H30N5O2P/c25-22(17-6-8-19(9-7-17)31-18-4-2-1-3-5-18)21(23(26)30)24-27-13-10-20(28-24)16-11-14-29(32)15-12-16/h1-9,16,20H,10-15,25,32H2,(H2,26,30)(H,27,28)/b22-21-. The first kappa shape index (κ1) is 22.3. The fourth-order valence-electron chi connectivity index (χ4n) is 4.28. The number of primary amides is 1. The highest BCUT2D eigenvalue weighted by Gasteiger charge is 2.30. The van der Waals surface area contributed by atoms with Crippen LogP contribution in [0.3, 0.4) is 0 Å². The first-order chi connectivity index (χ1) is 15.5. The number of nitrogens with two attached hydrogens (primary N) is 2. The third-order valence-corrected chi connectivity index (χ3v) is 6.59. The molecule has 0 aromatic heterocycles. The summed E-state index contributed by atoms with van der Waals surface area (Å²) >= 11 is 0. The third kappa shape index (κ3) is 5.29.